The van der Waals surface area contributed by atoms with E-state index < -0.39 is 0 Å². The summed E-state index contributed by atoms with van der Waals surface area (Å²) < 4.78 is 0. The maximum absolute atomic E-state index is 3.95. The minimum atomic E-state index is 0.258. The highest BCUT2D eigenvalue weighted by Crippen LogP contribution is 2.62. The van der Waals surface area contributed by atoms with Gasteiger partial charge in [0.1, 0.15) is 0 Å². The molecule has 21 heavy (non-hydrogen) atoms. The molecule has 4 aliphatic rings. The molecular formula is C20H33N. The maximum atomic E-state index is 3.95. The number of rotatable bonds is 7. The summed E-state index contributed by atoms with van der Waals surface area (Å²) in [5.41, 5.74) is 0.910. The van der Waals surface area contributed by atoms with Crippen molar-refractivity contribution in [3.05, 3.63) is 25.3 Å². The van der Waals surface area contributed by atoms with E-state index in [1.165, 1.54) is 25.7 Å². The summed E-state index contributed by atoms with van der Waals surface area (Å²) in [5.74, 6) is 3.16. The number of nitrogens with zero attached hydrogens (tertiary/aromatic N) is 1. The molecule has 0 unspecified atom stereocenters. The zero-order chi connectivity index (χ0) is 15.1. The fourth-order valence-corrected chi connectivity index (χ4v) is 6.42. The van der Waals surface area contributed by atoms with Gasteiger partial charge in [0, 0.05) is 18.6 Å². The summed E-state index contributed by atoms with van der Waals surface area (Å²) in [6.07, 6.45) is 14.6. The van der Waals surface area contributed by atoms with E-state index in [0.717, 1.165) is 30.8 Å². The van der Waals surface area contributed by atoms with Gasteiger partial charge in [-0.1, -0.05) is 12.2 Å². The van der Waals surface area contributed by atoms with Crippen LogP contribution in [0.2, 0.25) is 0 Å². The van der Waals surface area contributed by atoms with Crippen molar-refractivity contribution < 1.29 is 0 Å². The highest BCUT2D eigenvalue weighted by atomic mass is 15.2. The minimum Gasteiger partial charge on any atom is -0.291 e. The lowest BCUT2D eigenvalue weighted by Gasteiger charge is -2.59. The monoisotopic (exact) mass is 287 g/mol. The molecule has 0 aliphatic heterocycles. The van der Waals surface area contributed by atoms with Crippen LogP contribution in [0.15, 0.2) is 25.3 Å². The summed E-state index contributed by atoms with van der Waals surface area (Å²) in [6, 6.07) is 0. The van der Waals surface area contributed by atoms with Crippen LogP contribution in [0, 0.1) is 23.2 Å². The lowest BCUT2D eigenvalue weighted by Crippen LogP contribution is -2.53. The Bertz CT molecular complexity index is 361. The van der Waals surface area contributed by atoms with Gasteiger partial charge in [-0.15, -0.1) is 13.2 Å². The largest absolute Gasteiger partial charge is 0.291 e. The second-order valence-corrected chi connectivity index (χ2v) is 8.89. The third-order valence-electron chi connectivity index (χ3n) is 6.53. The second-order valence-electron chi connectivity index (χ2n) is 8.89. The van der Waals surface area contributed by atoms with E-state index >= 15 is 0 Å². The van der Waals surface area contributed by atoms with Crippen LogP contribution in [0.4, 0.5) is 0 Å². The Balaban J connectivity index is 1.74. The van der Waals surface area contributed by atoms with Gasteiger partial charge in [-0.2, -0.15) is 0 Å². The van der Waals surface area contributed by atoms with Crippen molar-refractivity contribution in [1.82, 2.24) is 4.90 Å². The van der Waals surface area contributed by atoms with Crippen LogP contribution in [-0.4, -0.2) is 23.5 Å². The summed E-state index contributed by atoms with van der Waals surface area (Å²) in [4.78, 5) is 2.56. The van der Waals surface area contributed by atoms with Gasteiger partial charge >= 0.3 is 0 Å². The van der Waals surface area contributed by atoms with E-state index in [1.54, 1.807) is 19.3 Å². The van der Waals surface area contributed by atoms with Gasteiger partial charge < -0.3 is 0 Å². The standard InChI is InChI=1S/C20H33N/c1-5-7-21(8-6-2)19(3,4)15-20-12-16-9-17(13-20)11-18(10-16)14-20/h5-6,16-18H,1-2,7-15H2,3-4H3. The molecule has 118 valence electrons. The fourth-order valence-electron chi connectivity index (χ4n) is 6.42. The van der Waals surface area contributed by atoms with Crippen molar-refractivity contribution >= 4 is 0 Å². The zero-order valence-electron chi connectivity index (χ0n) is 14.1. The molecule has 0 radical (unpaired) electrons. The first-order chi connectivity index (χ1) is 9.96. The van der Waals surface area contributed by atoms with E-state index in [1.807, 2.05) is 12.2 Å². The molecule has 0 amide bonds. The molecule has 0 aromatic carbocycles. The van der Waals surface area contributed by atoms with Crippen molar-refractivity contribution in [3.63, 3.8) is 0 Å². The van der Waals surface area contributed by atoms with Crippen LogP contribution in [-0.2, 0) is 0 Å². The molecule has 0 spiro atoms. The van der Waals surface area contributed by atoms with E-state index in [2.05, 4.69) is 31.9 Å². The molecule has 0 saturated heterocycles. The molecule has 4 aliphatic carbocycles. The first-order valence-corrected chi connectivity index (χ1v) is 8.93. The van der Waals surface area contributed by atoms with Gasteiger partial charge in [-0.25, -0.2) is 0 Å². The molecule has 0 aromatic rings. The second kappa shape index (κ2) is 5.57. The van der Waals surface area contributed by atoms with Crippen LogP contribution in [0.3, 0.4) is 0 Å². The quantitative estimate of drug-likeness (QED) is 0.593. The highest BCUT2D eigenvalue weighted by Gasteiger charge is 2.52. The van der Waals surface area contributed by atoms with Crippen molar-refractivity contribution in [1.29, 1.82) is 0 Å². The molecule has 1 nitrogen and oxygen atoms in total. The normalized spacial score (nSPS) is 38.0. The Hall–Kier alpha value is -0.560. The molecule has 1 heteroatoms. The molecule has 4 bridgehead atoms. The van der Waals surface area contributed by atoms with E-state index in [9.17, 15) is 0 Å². The highest BCUT2D eigenvalue weighted by molar-refractivity contribution is 5.05. The zero-order valence-corrected chi connectivity index (χ0v) is 14.1. The van der Waals surface area contributed by atoms with Gasteiger partial charge in [-0.05, 0) is 82.0 Å². The summed E-state index contributed by atoms with van der Waals surface area (Å²) in [7, 11) is 0. The topological polar surface area (TPSA) is 3.24 Å². The summed E-state index contributed by atoms with van der Waals surface area (Å²) in [5, 5.41) is 0. The van der Waals surface area contributed by atoms with E-state index in [4.69, 9.17) is 0 Å². The van der Waals surface area contributed by atoms with Crippen LogP contribution >= 0.6 is 0 Å². The Morgan fingerprint density at radius 2 is 1.38 bits per heavy atom. The van der Waals surface area contributed by atoms with Crippen molar-refractivity contribution in [2.45, 2.75) is 64.3 Å². The molecule has 4 fully saturated rings. The summed E-state index contributed by atoms with van der Waals surface area (Å²) in [6.45, 7) is 14.7. The third kappa shape index (κ3) is 2.99. The predicted molar refractivity (Wildman–Crippen MR) is 91.3 cm³/mol. The minimum absolute atomic E-state index is 0.258. The number of hydrogen-bond acceptors (Lipinski definition) is 1. The number of hydrogen-bond donors (Lipinski definition) is 0. The third-order valence-corrected chi connectivity index (χ3v) is 6.53. The molecule has 0 heterocycles. The Labute approximate surface area is 131 Å². The van der Waals surface area contributed by atoms with Crippen molar-refractivity contribution in [2.24, 2.45) is 23.2 Å². The van der Waals surface area contributed by atoms with Gasteiger partial charge in [0.25, 0.3) is 0 Å². The van der Waals surface area contributed by atoms with Gasteiger partial charge in [0.2, 0.25) is 0 Å². The molecule has 4 rings (SSSR count). The van der Waals surface area contributed by atoms with Crippen LogP contribution < -0.4 is 0 Å². The smallest absolute Gasteiger partial charge is 0.0169 e. The van der Waals surface area contributed by atoms with Gasteiger partial charge in [-0.3, -0.25) is 4.90 Å². The van der Waals surface area contributed by atoms with E-state index in [-0.39, 0.29) is 5.54 Å². The Morgan fingerprint density at radius 3 is 1.76 bits per heavy atom. The lowest BCUT2D eigenvalue weighted by atomic mass is 9.47. The van der Waals surface area contributed by atoms with Gasteiger partial charge in [0.05, 0.1) is 0 Å². The molecular weight excluding hydrogens is 254 g/mol. The van der Waals surface area contributed by atoms with Crippen molar-refractivity contribution in [3.8, 4) is 0 Å². The SMILES string of the molecule is C=CCN(CC=C)C(C)(C)CC12CC3CC(CC(C3)C1)C2. The fraction of sp³-hybridized carbons (Fsp3) is 0.800. The Morgan fingerprint density at radius 1 is 0.952 bits per heavy atom. The maximum Gasteiger partial charge on any atom is 0.0169 e. The van der Waals surface area contributed by atoms with Gasteiger partial charge in [0.15, 0.2) is 0 Å². The average molecular weight is 287 g/mol. The van der Waals surface area contributed by atoms with Crippen molar-refractivity contribution in [2.75, 3.05) is 13.1 Å². The first-order valence-electron chi connectivity index (χ1n) is 8.93. The van der Waals surface area contributed by atoms with Crippen LogP contribution in [0.1, 0.15) is 58.8 Å². The lowest BCUT2D eigenvalue weighted by molar-refractivity contribution is -0.0801. The summed E-state index contributed by atoms with van der Waals surface area (Å²) >= 11 is 0. The average Bonchev–Trinajstić information content (AvgIpc) is 2.35. The van der Waals surface area contributed by atoms with Crippen LogP contribution in [0.5, 0.6) is 0 Å². The van der Waals surface area contributed by atoms with Crippen LogP contribution in [0.25, 0.3) is 0 Å². The first kappa shape index (κ1) is 15.3. The van der Waals surface area contributed by atoms with E-state index in [0.29, 0.717) is 5.41 Å². The molecule has 4 saturated carbocycles. The molecule has 0 aromatic heterocycles. The predicted octanol–water partition coefficient (Wildman–Crippen LogP) is 5.05. The molecule has 0 atom stereocenters. The Kier molecular flexibility index (Phi) is 4.07. The molecule has 0 N–H and O–H groups in total.